The van der Waals surface area contributed by atoms with E-state index in [1.165, 1.54) is 12.8 Å². The average molecular weight is 248 g/mol. The summed E-state index contributed by atoms with van der Waals surface area (Å²) in [6.45, 7) is 4.20. The van der Waals surface area contributed by atoms with Crippen LogP contribution in [0.1, 0.15) is 48.5 Å². The highest BCUT2D eigenvalue weighted by Gasteiger charge is 2.21. The van der Waals surface area contributed by atoms with Crippen molar-refractivity contribution in [3.05, 3.63) is 29.3 Å². The molecule has 0 saturated heterocycles. The zero-order valence-electron chi connectivity index (χ0n) is 11.0. The van der Waals surface area contributed by atoms with Crippen molar-refractivity contribution in [2.45, 2.75) is 45.6 Å². The Morgan fingerprint density at radius 1 is 1.28 bits per heavy atom. The van der Waals surface area contributed by atoms with Crippen molar-refractivity contribution in [3.8, 4) is 5.75 Å². The van der Waals surface area contributed by atoms with Gasteiger partial charge in [0, 0.05) is 0 Å². The van der Waals surface area contributed by atoms with Crippen LogP contribution in [0.15, 0.2) is 18.2 Å². The monoisotopic (exact) mass is 248 g/mol. The Labute approximate surface area is 108 Å². The Bertz CT molecular complexity index is 431. The lowest BCUT2D eigenvalue weighted by atomic mass is 9.89. The van der Waals surface area contributed by atoms with Gasteiger partial charge >= 0.3 is 5.97 Å². The molecule has 0 heterocycles. The second-order valence-electron chi connectivity index (χ2n) is 5.30. The van der Waals surface area contributed by atoms with Gasteiger partial charge in [0.2, 0.25) is 0 Å². The number of carboxylic acid groups (broad SMARTS) is 1. The van der Waals surface area contributed by atoms with Gasteiger partial charge in [0.15, 0.2) is 0 Å². The summed E-state index contributed by atoms with van der Waals surface area (Å²) in [6.07, 6.45) is 4.54. The van der Waals surface area contributed by atoms with Gasteiger partial charge in [-0.2, -0.15) is 0 Å². The van der Waals surface area contributed by atoms with Gasteiger partial charge < -0.3 is 9.84 Å². The van der Waals surface area contributed by atoms with Gasteiger partial charge in [0.05, 0.1) is 6.10 Å². The number of ether oxygens (including phenoxy) is 1. The molecule has 1 saturated carbocycles. The summed E-state index contributed by atoms with van der Waals surface area (Å²) in [5.41, 5.74) is 1.29. The molecule has 98 valence electrons. The summed E-state index contributed by atoms with van der Waals surface area (Å²) < 4.78 is 5.90. The number of hydrogen-bond donors (Lipinski definition) is 1. The maximum atomic E-state index is 11.1. The van der Waals surface area contributed by atoms with Crippen LogP contribution in [0.2, 0.25) is 0 Å². The summed E-state index contributed by atoms with van der Waals surface area (Å²) in [5.74, 6) is 0.359. The molecule has 0 radical (unpaired) electrons. The van der Waals surface area contributed by atoms with Crippen LogP contribution in [-0.4, -0.2) is 17.2 Å². The summed E-state index contributed by atoms with van der Waals surface area (Å²) in [5, 5.41) is 9.15. The fourth-order valence-electron chi connectivity index (χ4n) is 2.43. The van der Waals surface area contributed by atoms with Crippen molar-refractivity contribution in [1.82, 2.24) is 0 Å². The third-order valence-electron chi connectivity index (χ3n) is 3.62. The van der Waals surface area contributed by atoms with Gasteiger partial charge in [-0.05, 0) is 56.2 Å². The average Bonchev–Trinajstić information content (AvgIpc) is 2.32. The van der Waals surface area contributed by atoms with Crippen molar-refractivity contribution in [2.75, 3.05) is 0 Å². The van der Waals surface area contributed by atoms with Crippen LogP contribution in [0.25, 0.3) is 0 Å². The molecule has 1 aliphatic carbocycles. The maximum Gasteiger partial charge on any atom is 0.339 e. The molecule has 2 rings (SSSR count). The summed E-state index contributed by atoms with van der Waals surface area (Å²) in [7, 11) is 0. The molecule has 0 amide bonds. The number of aryl methyl sites for hydroxylation is 1. The molecular formula is C15H20O3. The first-order valence-corrected chi connectivity index (χ1v) is 6.57. The summed E-state index contributed by atoms with van der Waals surface area (Å²) in [6, 6.07) is 5.25. The second-order valence-corrected chi connectivity index (χ2v) is 5.30. The molecule has 1 aromatic rings. The highest BCUT2D eigenvalue weighted by Crippen LogP contribution is 2.29. The Morgan fingerprint density at radius 2 is 1.94 bits per heavy atom. The number of benzene rings is 1. The minimum absolute atomic E-state index is 0.168. The fourth-order valence-corrected chi connectivity index (χ4v) is 2.43. The number of carboxylic acids is 1. The van der Waals surface area contributed by atoms with Crippen LogP contribution in [0.5, 0.6) is 5.75 Å². The number of rotatable bonds is 3. The topological polar surface area (TPSA) is 46.5 Å². The minimum atomic E-state index is -0.922. The number of carbonyl (C=O) groups is 1. The first kappa shape index (κ1) is 12.9. The Morgan fingerprint density at radius 3 is 2.56 bits per heavy atom. The van der Waals surface area contributed by atoms with E-state index in [4.69, 9.17) is 9.84 Å². The molecule has 18 heavy (non-hydrogen) atoms. The Kier molecular flexibility index (Phi) is 3.90. The first-order chi connectivity index (χ1) is 8.56. The molecule has 0 aromatic heterocycles. The van der Waals surface area contributed by atoms with Crippen LogP contribution in [0, 0.1) is 12.8 Å². The van der Waals surface area contributed by atoms with Crippen molar-refractivity contribution < 1.29 is 14.6 Å². The van der Waals surface area contributed by atoms with Crippen LogP contribution in [0.4, 0.5) is 0 Å². The van der Waals surface area contributed by atoms with Crippen molar-refractivity contribution in [3.63, 3.8) is 0 Å². The fraction of sp³-hybridized carbons (Fsp3) is 0.533. The molecule has 0 spiro atoms. The molecule has 0 bridgehead atoms. The number of hydrogen-bond acceptors (Lipinski definition) is 2. The van der Waals surface area contributed by atoms with E-state index in [9.17, 15) is 4.79 Å². The third kappa shape index (κ3) is 3.03. The molecular weight excluding hydrogens is 228 g/mol. The van der Waals surface area contributed by atoms with Gasteiger partial charge in [0.1, 0.15) is 11.3 Å². The Balaban J connectivity index is 2.12. The van der Waals surface area contributed by atoms with Crippen LogP contribution >= 0.6 is 0 Å². The van der Waals surface area contributed by atoms with Gasteiger partial charge in [-0.25, -0.2) is 4.79 Å². The van der Waals surface area contributed by atoms with Gasteiger partial charge in [-0.15, -0.1) is 0 Å². The maximum absolute atomic E-state index is 11.1. The van der Waals surface area contributed by atoms with Crippen LogP contribution in [-0.2, 0) is 0 Å². The molecule has 0 atom stereocenters. The lowest BCUT2D eigenvalue weighted by Crippen LogP contribution is -2.23. The van der Waals surface area contributed by atoms with Gasteiger partial charge in [-0.1, -0.05) is 13.0 Å². The Hall–Kier alpha value is -1.51. The standard InChI is InChI=1S/C15H20O3/c1-10-3-6-12(7-4-10)18-14-9-11(2)5-8-13(14)15(16)17/h5,8-10,12H,3-4,6-7H2,1-2H3,(H,16,17). The van der Waals surface area contributed by atoms with E-state index in [0.717, 1.165) is 24.3 Å². The predicted molar refractivity (Wildman–Crippen MR) is 70.2 cm³/mol. The van der Waals surface area contributed by atoms with E-state index < -0.39 is 5.97 Å². The molecule has 1 aromatic carbocycles. The summed E-state index contributed by atoms with van der Waals surface area (Å²) in [4.78, 5) is 11.1. The SMILES string of the molecule is Cc1ccc(C(=O)O)c(OC2CCC(C)CC2)c1. The molecule has 1 N–H and O–H groups in total. The lowest BCUT2D eigenvalue weighted by Gasteiger charge is -2.27. The first-order valence-electron chi connectivity index (χ1n) is 6.57. The van der Waals surface area contributed by atoms with Crippen molar-refractivity contribution in [2.24, 2.45) is 5.92 Å². The second kappa shape index (κ2) is 5.42. The van der Waals surface area contributed by atoms with Gasteiger partial charge in [0.25, 0.3) is 0 Å². The molecule has 3 nitrogen and oxygen atoms in total. The highest BCUT2D eigenvalue weighted by atomic mass is 16.5. The third-order valence-corrected chi connectivity index (χ3v) is 3.62. The van der Waals surface area contributed by atoms with E-state index in [1.807, 2.05) is 13.0 Å². The quantitative estimate of drug-likeness (QED) is 0.888. The zero-order valence-corrected chi connectivity index (χ0v) is 11.0. The molecule has 0 aliphatic heterocycles. The van der Waals surface area contributed by atoms with E-state index >= 15 is 0 Å². The lowest BCUT2D eigenvalue weighted by molar-refractivity contribution is 0.0684. The smallest absolute Gasteiger partial charge is 0.339 e. The summed E-state index contributed by atoms with van der Waals surface area (Å²) >= 11 is 0. The van der Waals surface area contributed by atoms with E-state index in [2.05, 4.69) is 6.92 Å². The van der Waals surface area contributed by atoms with Crippen molar-refractivity contribution >= 4 is 5.97 Å². The predicted octanol–water partition coefficient (Wildman–Crippen LogP) is 3.65. The van der Waals surface area contributed by atoms with Gasteiger partial charge in [-0.3, -0.25) is 0 Å². The van der Waals surface area contributed by atoms with E-state index in [1.54, 1.807) is 12.1 Å². The highest BCUT2D eigenvalue weighted by molar-refractivity contribution is 5.90. The largest absolute Gasteiger partial charge is 0.490 e. The molecule has 3 heteroatoms. The van der Waals surface area contributed by atoms with Crippen LogP contribution < -0.4 is 4.74 Å². The van der Waals surface area contributed by atoms with Crippen molar-refractivity contribution in [1.29, 1.82) is 0 Å². The minimum Gasteiger partial charge on any atom is -0.490 e. The molecule has 0 unspecified atom stereocenters. The normalized spacial score (nSPS) is 23.7. The zero-order chi connectivity index (χ0) is 13.1. The van der Waals surface area contributed by atoms with Crippen LogP contribution in [0.3, 0.4) is 0 Å². The molecule has 1 fully saturated rings. The van der Waals surface area contributed by atoms with E-state index in [-0.39, 0.29) is 11.7 Å². The molecule has 1 aliphatic rings. The van der Waals surface area contributed by atoms with E-state index in [0.29, 0.717) is 5.75 Å². The number of aromatic carboxylic acids is 1.